The molecule has 1 saturated heterocycles. The van der Waals surface area contributed by atoms with E-state index in [0.717, 1.165) is 18.4 Å². The number of ether oxygens (including phenoxy) is 1. The van der Waals surface area contributed by atoms with E-state index in [4.69, 9.17) is 4.74 Å². The molecule has 4 nitrogen and oxygen atoms in total. The van der Waals surface area contributed by atoms with Gasteiger partial charge in [-0.15, -0.1) is 6.58 Å². The van der Waals surface area contributed by atoms with Crippen molar-refractivity contribution in [3.63, 3.8) is 0 Å². The van der Waals surface area contributed by atoms with Crippen molar-refractivity contribution in [3.8, 4) is 0 Å². The molecule has 1 atom stereocenters. The van der Waals surface area contributed by atoms with Gasteiger partial charge in [0.1, 0.15) is 0 Å². The number of carbonyl (C=O) groups is 2. The highest BCUT2D eigenvalue weighted by Crippen LogP contribution is 2.31. The molecule has 102 valence electrons. The van der Waals surface area contributed by atoms with Crippen LogP contribution in [0.3, 0.4) is 0 Å². The summed E-state index contributed by atoms with van der Waals surface area (Å²) in [6.07, 6.45) is 7.74. The Labute approximate surface area is 113 Å². The zero-order chi connectivity index (χ0) is 14.0. The molecular formula is C15H19NO3. The minimum atomic E-state index is -0.884. The molecule has 2 rings (SSSR count). The van der Waals surface area contributed by atoms with E-state index < -0.39 is 5.72 Å². The molecule has 1 unspecified atom stereocenters. The van der Waals surface area contributed by atoms with Gasteiger partial charge < -0.3 is 9.64 Å². The molecule has 0 saturated carbocycles. The zero-order valence-electron chi connectivity index (χ0n) is 11.4. The van der Waals surface area contributed by atoms with Crippen LogP contribution in [-0.4, -0.2) is 36.0 Å². The van der Waals surface area contributed by atoms with Crippen molar-refractivity contribution >= 4 is 11.7 Å². The topological polar surface area (TPSA) is 46.6 Å². The van der Waals surface area contributed by atoms with Gasteiger partial charge in [0.2, 0.25) is 5.91 Å². The highest BCUT2D eigenvalue weighted by atomic mass is 16.5. The molecule has 4 heteroatoms. The number of carbonyl (C=O) groups excluding carboxylic acids is 2. The first-order chi connectivity index (χ1) is 8.94. The Morgan fingerprint density at radius 1 is 1.47 bits per heavy atom. The predicted molar refractivity (Wildman–Crippen MR) is 72.3 cm³/mol. The highest BCUT2D eigenvalue weighted by Gasteiger charge is 2.43. The van der Waals surface area contributed by atoms with Crippen LogP contribution in [-0.2, 0) is 14.3 Å². The van der Waals surface area contributed by atoms with Crippen LogP contribution in [0.1, 0.15) is 19.8 Å². The Hall–Kier alpha value is -1.68. The molecule has 1 heterocycles. The fourth-order valence-corrected chi connectivity index (χ4v) is 2.31. The van der Waals surface area contributed by atoms with Crippen LogP contribution < -0.4 is 0 Å². The number of amides is 1. The third-order valence-corrected chi connectivity index (χ3v) is 3.61. The van der Waals surface area contributed by atoms with E-state index in [1.165, 1.54) is 12.2 Å². The van der Waals surface area contributed by atoms with E-state index in [2.05, 4.69) is 6.58 Å². The average molecular weight is 261 g/mol. The molecular weight excluding hydrogens is 242 g/mol. The van der Waals surface area contributed by atoms with Crippen molar-refractivity contribution in [3.05, 3.63) is 36.5 Å². The summed E-state index contributed by atoms with van der Waals surface area (Å²) in [5.74, 6) is -0.164. The van der Waals surface area contributed by atoms with E-state index in [-0.39, 0.29) is 17.6 Å². The van der Waals surface area contributed by atoms with Gasteiger partial charge in [-0.1, -0.05) is 5.57 Å². The van der Waals surface area contributed by atoms with E-state index >= 15 is 0 Å². The van der Waals surface area contributed by atoms with Crippen LogP contribution in [0, 0.1) is 5.92 Å². The summed E-state index contributed by atoms with van der Waals surface area (Å²) in [6.45, 7) is 6.18. The van der Waals surface area contributed by atoms with Crippen LogP contribution in [0.4, 0.5) is 0 Å². The van der Waals surface area contributed by atoms with Gasteiger partial charge in [-0.05, 0) is 44.1 Å². The van der Waals surface area contributed by atoms with Gasteiger partial charge in [0.25, 0.3) is 0 Å². The van der Waals surface area contributed by atoms with Gasteiger partial charge in [-0.3, -0.25) is 9.59 Å². The Balaban J connectivity index is 2.09. The molecule has 0 N–H and O–H groups in total. The Morgan fingerprint density at radius 3 is 2.68 bits per heavy atom. The highest BCUT2D eigenvalue weighted by molar-refractivity contribution is 6.00. The lowest BCUT2D eigenvalue weighted by molar-refractivity contribution is -0.175. The third-order valence-electron chi connectivity index (χ3n) is 3.61. The molecule has 0 bridgehead atoms. The number of rotatable bonds is 3. The summed E-state index contributed by atoms with van der Waals surface area (Å²) in [5, 5.41) is 0. The summed E-state index contributed by atoms with van der Waals surface area (Å²) in [5.41, 5.74) is 0.184. The fraction of sp³-hybridized carbons (Fsp3) is 0.467. The maximum absolute atomic E-state index is 12.4. The van der Waals surface area contributed by atoms with Gasteiger partial charge in [-0.2, -0.15) is 0 Å². The monoisotopic (exact) mass is 261 g/mol. The van der Waals surface area contributed by atoms with Gasteiger partial charge >= 0.3 is 0 Å². The molecule has 1 spiro atoms. The van der Waals surface area contributed by atoms with E-state index in [9.17, 15) is 9.59 Å². The Bertz CT molecular complexity index is 460. The molecule has 19 heavy (non-hydrogen) atoms. The van der Waals surface area contributed by atoms with Crippen molar-refractivity contribution in [2.45, 2.75) is 25.5 Å². The van der Waals surface area contributed by atoms with E-state index in [0.29, 0.717) is 6.61 Å². The van der Waals surface area contributed by atoms with Gasteiger partial charge in [0, 0.05) is 7.05 Å². The van der Waals surface area contributed by atoms with Crippen molar-refractivity contribution in [2.24, 2.45) is 5.92 Å². The second-order valence-electron chi connectivity index (χ2n) is 5.22. The lowest BCUT2D eigenvalue weighted by atomic mass is 9.94. The van der Waals surface area contributed by atoms with Crippen LogP contribution in [0.25, 0.3) is 0 Å². The third kappa shape index (κ3) is 2.68. The van der Waals surface area contributed by atoms with Crippen molar-refractivity contribution in [1.82, 2.24) is 4.90 Å². The molecule has 0 aromatic carbocycles. The largest absolute Gasteiger partial charge is 0.347 e. The van der Waals surface area contributed by atoms with Gasteiger partial charge in [0.05, 0.1) is 12.5 Å². The lowest BCUT2D eigenvalue weighted by Crippen LogP contribution is -2.57. The Kier molecular flexibility index (Phi) is 3.71. The average Bonchev–Trinajstić information content (AvgIpc) is 2.38. The van der Waals surface area contributed by atoms with Crippen molar-refractivity contribution in [2.75, 3.05) is 13.7 Å². The van der Waals surface area contributed by atoms with E-state index in [1.54, 1.807) is 24.1 Å². The predicted octanol–water partition coefficient (Wildman–Crippen LogP) is 1.84. The molecule has 1 amide bonds. The van der Waals surface area contributed by atoms with Crippen LogP contribution >= 0.6 is 0 Å². The number of hydrogen-bond donors (Lipinski definition) is 0. The summed E-state index contributed by atoms with van der Waals surface area (Å²) < 4.78 is 5.83. The van der Waals surface area contributed by atoms with Gasteiger partial charge in [0.15, 0.2) is 11.5 Å². The maximum Gasteiger partial charge on any atom is 0.230 e. The number of hydrogen-bond acceptors (Lipinski definition) is 3. The molecule has 0 radical (unpaired) electrons. The van der Waals surface area contributed by atoms with Gasteiger partial charge in [-0.25, -0.2) is 0 Å². The quantitative estimate of drug-likeness (QED) is 0.728. The first kappa shape index (κ1) is 13.7. The van der Waals surface area contributed by atoms with Crippen LogP contribution in [0.15, 0.2) is 36.5 Å². The number of likely N-dealkylation sites (N-methyl/N-ethyl adjacent to an activating group) is 1. The maximum atomic E-state index is 12.4. The standard InChI is InChI=1S/C15H19NO3/c1-11(2)4-5-12-10-19-15(16(3)14(12)18)8-6-13(17)7-9-15/h6-9,12H,1,4-5,10H2,2-3H3. The second-order valence-corrected chi connectivity index (χ2v) is 5.22. The second kappa shape index (κ2) is 5.13. The molecule has 2 aliphatic rings. The SMILES string of the molecule is C=C(C)CCC1COC2(C=CC(=O)C=C2)N(C)C1=O. The van der Waals surface area contributed by atoms with E-state index in [1.807, 2.05) is 6.92 Å². The summed E-state index contributed by atoms with van der Waals surface area (Å²) in [7, 11) is 1.71. The minimum absolute atomic E-state index is 0.0520. The van der Waals surface area contributed by atoms with Crippen molar-refractivity contribution < 1.29 is 14.3 Å². The van der Waals surface area contributed by atoms with Crippen LogP contribution in [0.2, 0.25) is 0 Å². The lowest BCUT2D eigenvalue weighted by Gasteiger charge is -2.44. The molecule has 0 aromatic rings. The zero-order valence-corrected chi connectivity index (χ0v) is 11.4. The molecule has 1 aliphatic heterocycles. The number of ketones is 1. The molecule has 1 aliphatic carbocycles. The first-order valence-corrected chi connectivity index (χ1v) is 6.43. The molecule has 0 aromatic heterocycles. The smallest absolute Gasteiger partial charge is 0.230 e. The first-order valence-electron chi connectivity index (χ1n) is 6.43. The summed E-state index contributed by atoms with van der Waals surface area (Å²) in [6, 6.07) is 0. The summed E-state index contributed by atoms with van der Waals surface area (Å²) in [4.78, 5) is 25.1. The Morgan fingerprint density at radius 2 is 2.11 bits per heavy atom. The molecule has 1 fully saturated rings. The minimum Gasteiger partial charge on any atom is -0.347 e. The van der Waals surface area contributed by atoms with Crippen LogP contribution in [0.5, 0.6) is 0 Å². The summed E-state index contributed by atoms with van der Waals surface area (Å²) >= 11 is 0. The fourth-order valence-electron chi connectivity index (χ4n) is 2.31. The van der Waals surface area contributed by atoms with Crippen molar-refractivity contribution in [1.29, 1.82) is 0 Å². The number of nitrogens with zero attached hydrogens (tertiary/aromatic N) is 1. The normalized spacial score (nSPS) is 25.2. The number of allylic oxidation sites excluding steroid dienone is 3.